The van der Waals surface area contributed by atoms with Gasteiger partial charge in [-0.3, -0.25) is 4.79 Å². The van der Waals surface area contributed by atoms with E-state index in [1.165, 1.54) is 135 Å². The van der Waals surface area contributed by atoms with E-state index >= 15 is 0 Å². The highest BCUT2D eigenvalue weighted by Gasteiger charge is 2.51. The third-order valence-electron chi connectivity index (χ3n) is 16.0. The van der Waals surface area contributed by atoms with Crippen molar-refractivity contribution in [3.05, 3.63) is 97.2 Å². The van der Waals surface area contributed by atoms with Gasteiger partial charge in [0.2, 0.25) is 5.91 Å². The van der Waals surface area contributed by atoms with Gasteiger partial charge in [-0.05, 0) is 89.9 Å². The van der Waals surface area contributed by atoms with Gasteiger partial charge in [-0.1, -0.05) is 252 Å². The van der Waals surface area contributed by atoms with Crippen molar-refractivity contribution in [1.29, 1.82) is 0 Å². The zero-order chi connectivity index (χ0) is 61.6. The molecule has 2 heterocycles. The average Bonchev–Trinajstić information content (AvgIpc) is 3.29. The van der Waals surface area contributed by atoms with Crippen molar-refractivity contribution in [2.24, 2.45) is 0 Å². The Morgan fingerprint density at radius 1 is 0.435 bits per heavy atom. The number of hydrogen-bond donors (Lipinski definition) is 9. The SMILES string of the molecule is CC/C=C\C/C=C\C/C=C\C/C=C\C/C=C\CCCCCCCCCCCC(=O)NC(COC1OC(CO)C(OC2OC(CO)C(O)C(O)C2O)C(O)C1O)C(O)/C=C/CC/C=C/CC/C=C/CCCCCCCCCCCCCCCCCC. The molecule has 14 heteroatoms. The average molecular weight is 1200 g/mol. The number of unbranched alkanes of at least 4 members (excludes halogenated alkanes) is 27. The first-order valence-corrected chi connectivity index (χ1v) is 34.0. The fourth-order valence-corrected chi connectivity index (χ4v) is 10.6. The molecule has 2 aliphatic heterocycles. The summed E-state index contributed by atoms with van der Waals surface area (Å²) in [6.07, 6.45) is 60.2. The number of ether oxygens (including phenoxy) is 4. The van der Waals surface area contributed by atoms with Crippen molar-refractivity contribution in [3.63, 3.8) is 0 Å². The minimum atomic E-state index is -1.80. The van der Waals surface area contributed by atoms with Crippen LogP contribution in [0.4, 0.5) is 0 Å². The van der Waals surface area contributed by atoms with E-state index in [9.17, 15) is 45.6 Å². The lowest BCUT2D eigenvalue weighted by molar-refractivity contribution is -0.359. The summed E-state index contributed by atoms with van der Waals surface area (Å²) in [5, 5.41) is 87.3. The van der Waals surface area contributed by atoms with Crippen molar-refractivity contribution in [2.45, 2.75) is 325 Å². The van der Waals surface area contributed by atoms with E-state index < -0.39 is 86.8 Å². The first-order chi connectivity index (χ1) is 41.6. The van der Waals surface area contributed by atoms with E-state index in [0.717, 1.165) is 83.5 Å². The van der Waals surface area contributed by atoms with Crippen molar-refractivity contribution in [1.82, 2.24) is 5.32 Å². The largest absolute Gasteiger partial charge is 0.394 e. The molecule has 0 aromatic rings. The molecule has 9 N–H and O–H groups in total. The van der Waals surface area contributed by atoms with Crippen LogP contribution >= 0.6 is 0 Å². The highest BCUT2D eigenvalue weighted by molar-refractivity contribution is 5.76. The van der Waals surface area contributed by atoms with E-state index in [2.05, 4.69) is 104 Å². The van der Waals surface area contributed by atoms with Gasteiger partial charge < -0.3 is 65.1 Å². The van der Waals surface area contributed by atoms with Crippen molar-refractivity contribution >= 4 is 5.91 Å². The second kappa shape index (κ2) is 55.0. The van der Waals surface area contributed by atoms with Crippen molar-refractivity contribution in [3.8, 4) is 0 Å². The Hall–Kier alpha value is -3.09. The van der Waals surface area contributed by atoms with Gasteiger partial charge in [0.05, 0.1) is 32.0 Å². The molecule has 1 amide bonds. The van der Waals surface area contributed by atoms with Crippen LogP contribution < -0.4 is 5.32 Å². The Balaban J connectivity index is 1.74. The molecule has 0 radical (unpaired) electrons. The zero-order valence-corrected chi connectivity index (χ0v) is 53.1. The molecule has 0 saturated carbocycles. The van der Waals surface area contributed by atoms with Crippen LogP contribution in [0.1, 0.15) is 251 Å². The number of rotatable bonds is 54. The maximum Gasteiger partial charge on any atom is 0.220 e. The van der Waals surface area contributed by atoms with Gasteiger partial charge in [-0.25, -0.2) is 0 Å². The first kappa shape index (κ1) is 78.0. The van der Waals surface area contributed by atoms with Gasteiger partial charge in [-0.15, -0.1) is 0 Å². The van der Waals surface area contributed by atoms with Crippen molar-refractivity contribution < 1.29 is 64.6 Å². The smallest absolute Gasteiger partial charge is 0.220 e. The normalized spacial score (nSPS) is 24.2. The third kappa shape index (κ3) is 39.5. The molecule has 12 unspecified atom stereocenters. The van der Waals surface area contributed by atoms with Crippen LogP contribution in [0.15, 0.2) is 97.2 Å². The number of carbonyl (C=O) groups is 1. The standard InChI is InChI=1S/C71H123NO13/c1-3-5-7-9-11-13-15-17-19-21-23-25-27-29-31-32-34-36-38-40-42-44-46-48-50-52-54-60(75)59(58-82-70-68(81)66(79)69(62(57-74)84-70)85-71-67(80)65(78)64(77)61(56-73)83-71)72-63(76)55-53-51-49-47-45-43-41-39-37-35-33-30-28-26-24-22-20-18-16-14-12-10-8-6-4-2/h6,8,12,14,18,20,24,26,30,33,36,38,44,46,52,54,59-62,64-71,73-75,77-81H,3-5,7,9-11,13,15-17,19,21-23,25,27-29,31-32,34-35,37,39-43,45,47-51,53,55-58H2,1-2H3,(H,72,76)/b8-6-,14-12-,20-18-,26-24-,33-30-,38-36+,46-44+,54-52+. The lowest BCUT2D eigenvalue weighted by Gasteiger charge is -2.46. The van der Waals surface area contributed by atoms with Gasteiger partial charge >= 0.3 is 0 Å². The molecule has 0 bridgehead atoms. The lowest BCUT2D eigenvalue weighted by Crippen LogP contribution is -2.65. The molecule has 0 aromatic carbocycles. The van der Waals surface area contributed by atoms with E-state index in [1.54, 1.807) is 6.08 Å². The van der Waals surface area contributed by atoms with Crippen LogP contribution in [0.3, 0.4) is 0 Å². The summed E-state index contributed by atoms with van der Waals surface area (Å²) in [4.78, 5) is 13.3. The van der Waals surface area contributed by atoms with Crippen molar-refractivity contribution in [2.75, 3.05) is 19.8 Å². The molecule has 2 fully saturated rings. The predicted octanol–water partition coefficient (Wildman–Crippen LogP) is 13.4. The van der Waals surface area contributed by atoms with Gasteiger partial charge in [0.15, 0.2) is 12.6 Å². The maximum absolute atomic E-state index is 13.3. The summed E-state index contributed by atoms with van der Waals surface area (Å²) in [5.41, 5.74) is 0. The van der Waals surface area contributed by atoms with Crippen LogP contribution in [0.2, 0.25) is 0 Å². The first-order valence-electron chi connectivity index (χ1n) is 34.0. The highest BCUT2D eigenvalue weighted by atomic mass is 16.7. The van der Waals surface area contributed by atoms with Crippen LogP contribution in [0, 0.1) is 0 Å². The number of aliphatic hydroxyl groups is 8. The molecular formula is C71H123NO13. The van der Waals surface area contributed by atoms with Crippen LogP contribution in [-0.4, -0.2) is 140 Å². The molecule has 85 heavy (non-hydrogen) atoms. The maximum atomic E-state index is 13.3. The molecule has 12 atom stereocenters. The molecular weight excluding hydrogens is 1070 g/mol. The number of carbonyl (C=O) groups excluding carboxylic acids is 1. The molecule has 2 rings (SSSR count). The fraction of sp³-hybridized carbons (Fsp3) is 0.761. The number of amides is 1. The molecule has 490 valence electrons. The van der Waals surface area contributed by atoms with Gasteiger partial charge in [-0.2, -0.15) is 0 Å². The van der Waals surface area contributed by atoms with E-state index in [4.69, 9.17) is 18.9 Å². The van der Waals surface area contributed by atoms with Crippen LogP contribution in [0.25, 0.3) is 0 Å². The number of aliphatic hydroxyl groups excluding tert-OH is 8. The Kier molecular flexibility index (Phi) is 50.5. The van der Waals surface area contributed by atoms with E-state index in [1.807, 2.05) is 6.08 Å². The third-order valence-corrected chi connectivity index (χ3v) is 16.0. The van der Waals surface area contributed by atoms with E-state index in [0.29, 0.717) is 12.8 Å². The number of allylic oxidation sites excluding steroid dienone is 15. The topological polar surface area (TPSA) is 228 Å². The van der Waals surface area contributed by atoms with Gasteiger partial charge in [0.25, 0.3) is 0 Å². The van der Waals surface area contributed by atoms with Crippen LogP contribution in [0.5, 0.6) is 0 Å². The zero-order valence-electron chi connectivity index (χ0n) is 53.1. The predicted molar refractivity (Wildman–Crippen MR) is 346 cm³/mol. The van der Waals surface area contributed by atoms with Crippen LogP contribution in [-0.2, 0) is 23.7 Å². The molecule has 2 saturated heterocycles. The minimum absolute atomic E-state index is 0.257. The summed E-state index contributed by atoms with van der Waals surface area (Å²) < 4.78 is 22.8. The summed E-state index contributed by atoms with van der Waals surface area (Å²) in [7, 11) is 0. The summed E-state index contributed by atoms with van der Waals surface area (Å²) in [6, 6.07) is -0.949. The molecule has 0 aliphatic carbocycles. The fourth-order valence-electron chi connectivity index (χ4n) is 10.6. The second-order valence-corrected chi connectivity index (χ2v) is 23.5. The molecule has 14 nitrogen and oxygen atoms in total. The number of nitrogens with one attached hydrogen (secondary N) is 1. The minimum Gasteiger partial charge on any atom is -0.394 e. The van der Waals surface area contributed by atoms with Gasteiger partial charge in [0, 0.05) is 6.42 Å². The number of hydrogen-bond acceptors (Lipinski definition) is 13. The molecule has 0 aromatic heterocycles. The summed E-state index contributed by atoms with van der Waals surface area (Å²) in [5.74, 6) is -0.262. The summed E-state index contributed by atoms with van der Waals surface area (Å²) >= 11 is 0. The molecule has 0 spiro atoms. The lowest BCUT2D eigenvalue weighted by atomic mass is 9.97. The Bertz CT molecular complexity index is 1800. The monoisotopic (exact) mass is 1200 g/mol. The highest BCUT2D eigenvalue weighted by Crippen LogP contribution is 2.30. The summed E-state index contributed by atoms with van der Waals surface area (Å²) in [6.45, 7) is 2.67. The Morgan fingerprint density at radius 3 is 1.29 bits per heavy atom. The molecule has 2 aliphatic rings. The van der Waals surface area contributed by atoms with Gasteiger partial charge in [0.1, 0.15) is 48.8 Å². The Morgan fingerprint density at radius 2 is 0.824 bits per heavy atom. The quantitative estimate of drug-likeness (QED) is 0.0204. The van der Waals surface area contributed by atoms with E-state index in [-0.39, 0.29) is 18.9 Å². The Labute approximate surface area is 515 Å². The second-order valence-electron chi connectivity index (χ2n) is 23.5.